The van der Waals surface area contributed by atoms with Crippen LogP contribution in [0.1, 0.15) is 19.4 Å². The van der Waals surface area contributed by atoms with Crippen molar-refractivity contribution in [3.8, 4) is 11.8 Å². The van der Waals surface area contributed by atoms with Crippen LogP contribution in [0, 0.1) is 11.8 Å². The van der Waals surface area contributed by atoms with Gasteiger partial charge in [-0.1, -0.05) is 36.3 Å². The normalized spacial score (nSPS) is 13.9. The average Bonchev–Trinajstić information content (AvgIpc) is 2.20. The molecule has 0 aliphatic heterocycles. The van der Waals surface area contributed by atoms with Crippen LogP contribution in [-0.4, -0.2) is 13.7 Å². The van der Waals surface area contributed by atoms with Crippen molar-refractivity contribution in [3.63, 3.8) is 0 Å². The summed E-state index contributed by atoms with van der Waals surface area (Å²) in [6.07, 6.45) is 0. The fourth-order valence-electron chi connectivity index (χ4n) is 1.56. The summed E-state index contributed by atoms with van der Waals surface area (Å²) < 4.78 is 5.21. The molecule has 0 saturated heterocycles. The molecule has 0 amide bonds. The van der Waals surface area contributed by atoms with Crippen molar-refractivity contribution in [1.82, 2.24) is 0 Å². The van der Waals surface area contributed by atoms with Gasteiger partial charge in [-0.3, -0.25) is 0 Å². The van der Waals surface area contributed by atoms with Crippen LogP contribution in [-0.2, 0) is 10.2 Å². The van der Waals surface area contributed by atoms with Gasteiger partial charge in [0.25, 0.3) is 0 Å². The van der Waals surface area contributed by atoms with Gasteiger partial charge in [0, 0.05) is 7.11 Å². The molecule has 0 heterocycles. The Morgan fingerprint density at radius 3 is 2.43 bits per heavy atom. The lowest BCUT2D eigenvalue weighted by atomic mass is 9.84. The molecular formula is C13H16O. The number of ether oxygens (including phenoxy) is 1. The van der Waals surface area contributed by atoms with Gasteiger partial charge in [-0.25, -0.2) is 0 Å². The van der Waals surface area contributed by atoms with E-state index in [9.17, 15) is 0 Å². The van der Waals surface area contributed by atoms with Crippen molar-refractivity contribution in [1.29, 1.82) is 0 Å². The van der Waals surface area contributed by atoms with E-state index in [1.807, 2.05) is 25.1 Å². The highest BCUT2D eigenvalue weighted by atomic mass is 16.5. The Morgan fingerprint density at radius 2 is 1.93 bits per heavy atom. The van der Waals surface area contributed by atoms with Crippen molar-refractivity contribution in [2.45, 2.75) is 19.3 Å². The number of rotatable bonds is 3. The Morgan fingerprint density at radius 1 is 1.29 bits per heavy atom. The number of hydrogen-bond acceptors (Lipinski definition) is 1. The predicted molar refractivity (Wildman–Crippen MR) is 59.1 cm³/mol. The smallest absolute Gasteiger partial charge is 0.0767 e. The SMILES string of the molecule is CC#CC(C)(COC)c1ccccc1. The summed E-state index contributed by atoms with van der Waals surface area (Å²) in [5.41, 5.74) is 1.02. The maximum atomic E-state index is 5.21. The van der Waals surface area contributed by atoms with E-state index < -0.39 is 0 Å². The van der Waals surface area contributed by atoms with Crippen LogP contribution in [0.4, 0.5) is 0 Å². The fourth-order valence-corrected chi connectivity index (χ4v) is 1.56. The second kappa shape index (κ2) is 4.83. The minimum absolute atomic E-state index is 0.190. The van der Waals surface area contributed by atoms with Crippen LogP contribution < -0.4 is 0 Å². The molecular weight excluding hydrogens is 172 g/mol. The summed E-state index contributed by atoms with van der Waals surface area (Å²) in [5.74, 6) is 6.16. The van der Waals surface area contributed by atoms with E-state index in [2.05, 4.69) is 30.9 Å². The van der Waals surface area contributed by atoms with Crippen molar-refractivity contribution < 1.29 is 4.74 Å². The monoisotopic (exact) mass is 188 g/mol. The Balaban J connectivity index is 3.03. The van der Waals surface area contributed by atoms with E-state index in [-0.39, 0.29) is 5.41 Å². The first-order chi connectivity index (χ1) is 6.73. The molecule has 1 heteroatoms. The molecule has 0 N–H and O–H groups in total. The molecule has 0 aromatic heterocycles. The third-order valence-electron chi connectivity index (χ3n) is 2.24. The standard InChI is InChI=1S/C13H16O/c1-4-10-13(2,11-14-3)12-8-6-5-7-9-12/h5-9H,11H2,1-3H3. The maximum Gasteiger partial charge on any atom is 0.0767 e. The zero-order valence-electron chi connectivity index (χ0n) is 9.00. The van der Waals surface area contributed by atoms with Crippen LogP contribution in [0.25, 0.3) is 0 Å². The highest BCUT2D eigenvalue weighted by molar-refractivity contribution is 5.34. The molecule has 1 unspecified atom stereocenters. The maximum absolute atomic E-state index is 5.21. The Bertz CT molecular complexity index is 331. The zero-order valence-corrected chi connectivity index (χ0v) is 9.00. The summed E-state index contributed by atoms with van der Waals surface area (Å²) in [7, 11) is 1.71. The molecule has 14 heavy (non-hydrogen) atoms. The zero-order chi connectivity index (χ0) is 10.4. The lowest BCUT2D eigenvalue weighted by Gasteiger charge is -2.23. The quantitative estimate of drug-likeness (QED) is 0.662. The van der Waals surface area contributed by atoms with Crippen LogP contribution in [0.15, 0.2) is 30.3 Å². The topological polar surface area (TPSA) is 9.23 Å². The van der Waals surface area contributed by atoms with Gasteiger partial charge in [-0.05, 0) is 19.4 Å². The van der Waals surface area contributed by atoms with Gasteiger partial charge in [0.1, 0.15) is 0 Å². The lowest BCUT2D eigenvalue weighted by molar-refractivity contribution is 0.162. The molecule has 1 atom stereocenters. The number of methoxy groups -OCH3 is 1. The molecule has 0 aliphatic rings. The molecule has 1 rings (SSSR count). The van der Waals surface area contributed by atoms with E-state index in [0.717, 1.165) is 0 Å². The second-order valence-corrected chi connectivity index (χ2v) is 3.51. The van der Waals surface area contributed by atoms with Gasteiger partial charge in [0.15, 0.2) is 0 Å². The van der Waals surface area contributed by atoms with Crippen molar-refractivity contribution in [2.75, 3.05) is 13.7 Å². The van der Waals surface area contributed by atoms with E-state index in [1.165, 1.54) is 5.56 Å². The van der Waals surface area contributed by atoms with Crippen LogP contribution in [0.2, 0.25) is 0 Å². The van der Waals surface area contributed by atoms with Gasteiger partial charge < -0.3 is 4.74 Å². The van der Waals surface area contributed by atoms with Crippen LogP contribution in [0.3, 0.4) is 0 Å². The molecule has 0 radical (unpaired) electrons. The first kappa shape index (κ1) is 10.8. The average molecular weight is 188 g/mol. The molecule has 0 fully saturated rings. The first-order valence-electron chi connectivity index (χ1n) is 4.71. The first-order valence-corrected chi connectivity index (χ1v) is 4.71. The van der Waals surface area contributed by atoms with Crippen LogP contribution in [0.5, 0.6) is 0 Å². The van der Waals surface area contributed by atoms with Crippen molar-refractivity contribution >= 4 is 0 Å². The largest absolute Gasteiger partial charge is 0.383 e. The van der Waals surface area contributed by atoms with Crippen molar-refractivity contribution in [3.05, 3.63) is 35.9 Å². The van der Waals surface area contributed by atoms with Crippen LogP contribution >= 0.6 is 0 Å². The Kier molecular flexibility index (Phi) is 3.73. The van der Waals surface area contributed by atoms with E-state index in [1.54, 1.807) is 7.11 Å². The van der Waals surface area contributed by atoms with Crippen molar-refractivity contribution in [2.24, 2.45) is 0 Å². The highest BCUT2D eigenvalue weighted by Crippen LogP contribution is 2.22. The number of benzene rings is 1. The molecule has 0 aliphatic carbocycles. The third-order valence-corrected chi connectivity index (χ3v) is 2.24. The van der Waals surface area contributed by atoms with Gasteiger partial charge in [0.05, 0.1) is 12.0 Å². The van der Waals surface area contributed by atoms with Gasteiger partial charge in [-0.15, -0.1) is 5.92 Å². The molecule has 0 saturated carbocycles. The second-order valence-electron chi connectivity index (χ2n) is 3.51. The summed E-state index contributed by atoms with van der Waals surface area (Å²) in [5, 5.41) is 0. The van der Waals surface area contributed by atoms with E-state index >= 15 is 0 Å². The minimum atomic E-state index is -0.190. The third kappa shape index (κ3) is 2.37. The fraction of sp³-hybridized carbons (Fsp3) is 0.385. The minimum Gasteiger partial charge on any atom is -0.383 e. The summed E-state index contributed by atoms with van der Waals surface area (Å²) >= 11 is 0. The molecule has 1 nitrogen and oxygen atoms in total. The van der Waals surface area contributed by atoms with Gasteiger partial charge in [-0.2, -0.15) is 0 Å². The van der Waals surface area contributed by atoms with Gasteiger partial charge in [0.2, 0.25) is 0 Å². The summed E-state index contributed by atoms with van der Waals surface area (Å²) in [6.45, 7) is 4.58. The van der Waals surface area contributed by atoms with E-state index in [4.69, 9.17) is 4.74 Å². The Labute approximate surface area is 86.1 Å². The van der Waals surface area contributed by atoms with Gasteiger partial charge >= 0.3 is 0 Å². The highest BCUT2D eigenvalue weighted by Gasteiger charge is 2.23. The molecule has 74 valence electrons. The number of hydrogen-bond donors (Lipinski definition) is 0. The van der Waals surface area contributed by atoms with E-state index in [0.29, 0.717) is 6.61 Å². The molecule has 1 aromatic rings. The lowest BCUT2D eigenvalue weighted by Crippen LogP contribution is -2.25. The molecule has 0 bridgehead atoms. The predicted octanol–water partition coefficient (Wildman–Crippen LogP) is 2.61. The summed E-state index contributed by atoms with van der Waals surface area (Å²) in [4.78, 5) is 0. The molecule has 0 spiro atoms. The molecule has 1 aromatic carbocycles. The summed E-state index contributed by atoms with van der Waals surface area (Å²) in [6, 6.07) is 10.2. The Hall–Kier alpha value is -1.26.